The first-order chi connectivity index (χ1) is 9.85. The number of carbonyl (C=O) groups excluding carboxylic acids is 1. The number of benzene rings is 1. The summed E-state index contributed by atoms with van der Waals surface area (Å²) in [6, 6.07) is 9.07. The van der Waals surface area contributed by atoms with Crippen LogP contribution in [0.1, 0.15) is 12.5 Å². The summed E-state index contributed by atoms with van der Waals surface area (Å²) in [7, 11) is -3.72. The van der Waals surface area contributed by atoms with Gasteiger partial charge in [-0.15, -0.1) is 0 Å². The summed E-state index contributed by atoms with van der Waals surface area (Å²) in [4.78, 5) is 11.6. The van der Waals surface area contributed by atoms with Crippen molar-refractivity contribution in [2.24, 2.45) is 10.3 Å². The van der Waals surface area contributed by atoms with Gasteiger partial charge in [0.1, 0.15) is 6.04 Å². The number of ketones is 1. The number of nitrogens with zero attached hydrogens (tertiary/aromatic N) is 3. The molecule has 0 aromatic heterocycles. The molecule has 0 saturated carbocycles. The van der Waals surface area contributed by atoms with Crippen LogP contribution in [-0.2, 0) is 25.6 Å². The molecule has 114 valence electrons. The molecular formula is C13H17N3O4S. The summed E-state index contributed by atoms with van der Waals surface area (Å²) in [6.45, 7) is 2.17. The third-order valence-electron chi connectivity index (χ3n) is 2.96. The monoisotopic (exact) mass is 311 g/mol. The zero-order chi connectivity index (χ0) is 15.5. The molecule has 2 atom stereocenters. The molecule has 0 bridgehead atoms. The van der Waals surface area contributed by atoms with Gasteiger partial charge >= 0.3 is 0 Å². The predicted molar refractivity (Wildman–Crippen MR) is 75.9 cm³/mol. The zero-order valence-corrected chi connectivity index (χ0v) is 12.7. The SMILES string of the molecule is CC(=O)C(OS(C)(=O)=O)C1CN(Cc2ccccc2)N=N1. The van der Waals surface area contributed by atoms with Gasteiger partial charge in [0.15, 0.2) is 11.9 Å². The molecule has 0 fully saturated rings. The maximum Gasteiger partial charge on any atom is 0.265 e. The van der Waals surface area contributed by atoms with Gasteiger partial charge in [0.2, 0.25) is 0 Å². The Labute approximate surface area is 123 Å². The minimum atomic E-state index is -3.72. The largest absolute Gasteiger partial charge is 0.297 e. The predicted octanol–water partition coefficient (Wildman–Crippen LogP) is 1.17. The lowest BCUT2D eigenvalue weighted by Gasteiger charge is -2.18. The lowest BCUT2D eigenvalue weighted by Crippen LogP contribution is -2.39. The Kier molecular flexibility index (Phi) is 4.69. The van der Waals surface area contributed by atoms with Crippen LogP contribution in [0.2, 0.25) is 0 Å². The van der Waals surface area contributed by atoms with Crippen LogP contribution in [0.4, 0.5) is 0 Å². The van der Waals surface area contributed by atoms with Crippen LogP contribution in [0.3, 0.4) is 0 Å². The van der Waals surface area contributed by atoms with E-state index < -0.39 is 22.3 Å². The maximum atomic E-state index is 11.6. The Hall–Kier alpha value is -1.80. The second kappa shape index (κ2) is 6.31. The van der Waals surface area contributed by atoms with E-state index in [1.165, 1.54) is 6.92 Å². The molecule has 0 radical (unpaired) electrons. The molecule has 1 aliphatic heterocycles. The average molecular weight is 311 g/mol. The van der Waals surface area contributed by atoms with Crippen LogP contribution in [0.25, 0.3) is 0 Å². The van der Waals surface area contributed by atoms with E-state index in [0.29, 0.717) is 13.1 Å². The summed E-state index contributed by atoms with van der Waals surface area (Å²) in [5, 5.41) is 9.62. The van der Waals surface area contributed by atoms with Gasteiger partial charge in [-0.05, 0) is 12.5 Å². The van der Waals surface area contributed by atoms with Crippen LogP contribution in [0.5, 0.6) is 0 Å². The van der Waals surface area contributed by atoms with Crippen molar-refractivity contribution in [2.45, 2.75) is 25.6 Å². The second-order valence-corrected chi connectivity index (χ2v) is 6.54. The molecule has 1 aromatic rings. The van der Waals surface area contributed by atoms with E-state index in [2.05, 4.69) is 10.3 Å². The van der Waals surface area contributed by atoms with Gasteiger partial charge in [0.25, 0.3) is 10.1 Å². The number of Topliss-reactive ketones (excluding diaryl/α,β-unsaturated/α-hetero) is 1. The van der Waals surface area contributed by atoms with E-state index in [1.807, 2.05) is 30.3 Å². The number of carbonyl (C=O) groups is 1. The van der Waals surface area contributed by atoms with Gasteiger partial charge in [0, 0.05) is 0 Å². The first kappa shape index (κ1) is 15.6. The molecule has 2 unspecified atom stereocenters. The van der Waals surface area contributed by atoms with Crippen molar-refractivity contribution in [1.29, 1.82) is 0 Å². The Bertz CT molecular complexity index is 630. The molecule has 2 rings (SSSR count). The average Bonchev–Trinajstić information content (AvgIpc) is 2.84. The highest BCUT2D eigenvalue weighted by atomic mass is 32.2. The van der Waals surface area contributed by atoms with Crippen LogP contribution in [0, 0.1) is 0 Å². The zero-order valence-electron chi connectivity index (χ0n) is 11.8. The normalized spacial score (nSPS) is 19.7. The third-order valence-corrected chi connectivity index (χ3v) is 3.52. The fourth-order valence-corrected chi connectivity index (χ4v) is 2.71. The molecule has 21 heavy (non-hydrogen) atoms. The van der Waals surface area contributed by atoms with Gasteiger partial charge < -0.3 is 0 Å². The van der Waals surface area contributed by atoms with Crippen LogP contribution < -0.4 is 0 Å². The van der Waals surface area contributed by atoms with E-state index in [-0.39, 0.29) is 5.78 Å². The molecule has 1 aromatic carbocycles. The van der Waals surface area contributed by atoms with Gasteiger partial charge in [-0.1, -0.05) is 35.6 Å². The van der Waals surface area contributed by atoms with Gasteiger partial charge in [-0.2, -0.15) is 13.5 Å². The van der Waals surface area contributed by atoms with Crippen LogP contribution >= 0.6 is 0 Å². The van der Waals surface area contributed by atoms with Crippen molar-refractivity contribution in [3.05, 3.63) is 35.9 Å². The molecule has 0 amide bonds. The smallest absolute Gasteiger partial charge is 0.265 e. The Morgan fingerprint density at radius 2 is 2.10 bits per heavy atom. The number of rotatable bonds is 6. The van der Waals surface area contributed by atoms with E-state index in [4.69, 9.17) is 4.18 Å². The minimum Gasteiger partial charge on any atom is -0.297 e. The highest BCUT2D eigenvalue weighted by Gasteiger charge is 2.34. The van der Waals surface area contributed by atoms with Crippen molar-refractivity contribution in [3.63, 3.8) is 0 Å². The fraction of sp³-hybridized carbons (Fsp3) is 0.462. The molecule has 0 spiro atoms. The van der Waals surface area contributed by atoms with Crippen LogP contribution in [0.15, 0.2) is 40.7 Å². The number of hydrogen-bond acceptors (Lipinski definition) is 7. The molecule has 0 aliphatic carbocycles. The fourth-order valence-electron chi connectivity index (χ4n) is 2.07. The summed E-state index contributed by atoms with van der Waals surface area (Å²) >= 11 is 0. The molecule has 0 saturated heterocycles. The van der Waals surface area contributed by atoms with Crippen molar-refractivity contribution in [2.75, 3.05) is 12.8 Å². The summed E-state index contributed by atoms with van der Waals surface area (Å²) in [5.74, 6) is -0.383. The molecule has 1 heterocycles. The summed E-state index contributed by atoms with van der Waals surface area (Å²) in [6.07, 6.45) is -0.207. The van der Waals surface area contributed by atoms with Crippen molar-refractivity contribution in [3.8, 4) is 0 Å². The van der Waals surface area contributed by atoms with Gasteiger partial charge in [-0.3, -0.25) is 14.0 Å². The van der Waals surface area contributed by atoms with E-state index >= 15 is 0 Å². The highest BCUT2D eigenvalue weighted by Crippen LogP contribution is 2.19. The Morgan fingerprint density at radius 3 is 2.67 bits per heavy atom. The van der Waals surface area contributed by atoms with E-state index in [9.17, 15) is 13.2 Å². The second-order valence-electron chi connectivity index (χ2n) is 4.94. The molecular weight excluding hydrogens is 294 g/mol. The van der Waals surface area contributed by atoms with E-state index in [1.54, 1.807) is 5.01 Å². The first-order valence-corrected chi connectivity index (χ1v) is 8.25. The van der Waals surface area contributed by atoms with Gasteiger partial charge in [0.05, 0.1) is 19.3 Å². The van der Waals surface area contributed by atoms with Crippen molar-refractivity contribution < 1.29 is 17.4 Å². The molecule has 8 heteroatoms. The van der Waals surface area contributed by atoms with Gasteiger partial charge in [-0.25, -0.2) is 0 Å². The lowest BCUT2D eigenvalue weighted by molar-refractivity contribution is -0.124. The topological polar surface area (TPSA) is 88.4 Å². The quantitative estimate of drug-likeness (QED) is 0.736. The molecule has 1 aliphatic rings. The lowest BCUT2D eigenvalue weighted by atomic mass is 10.1. The molecule has 7 nitrogen and oxygen atoms in total. The third kappa shape index (κ3) is 4.61. The number of hydrogen-bond donors (Lipinski definition) is 0. The van der Waals surface area contributed by atoms with E-state index in [0.717, 1.165) is 11.8 Å². The van der Waals surface area contributed by atoms with Crippen molar-refractivity contribution in [1.82, 2.24) is 5.01 Å². The Balaban J connectivity index is 2.00. The Morgan fingerprint density at radius 1 is 1.43 bits per heavy atom. The first-order valence-electron chi connectivity index (χ1n) is 6.43. The minimum absolute atomic E-state index is 0.342. The maximum absolute atomic E-state index is 11.6. The highest BCUT2D eigenvalue weighted by molar-refractivity contribution is 7.86. The summed E-state index contributed by atoms with van der Waals surface area (Å²) < 4.78 is 27.3. The standard InChI is InChI=1S/C13H17N3O4S/c1-10(17)13(20-21(2,18)19)12-9-16(15-14-12)8-11-6-4-3-5-7-11/h3-7,12-13H,8-9H2,1-2H3. The molecule has 0 N–H and O–H groups in total. The van der Waals surface area contributed by atoms with Crippen LogP contribution in [-0.4, -0.2) is 44.2 Å². The summed E-state index contributed by atoms with van der Waals surface area (Å²) in [5.41, 5.74) is 1.06. The van der Waals surface area contributed by atoms with Crippen molar-refractivity contribution >= 4 is 15.9 Å².